The Kier molecular flexibility index (Phi) is 4.43. The van der Waals surface area contributed by atoms with Crippen molar-refractivity contribution in [2.24, 2.45) is 0 Å². The molecule has 0 spiro atoms. The summed E-state index contributed by atoms with van der Waals surface area (Å²) in [5.41, 5.74) is 6.59. The number of benzene rings is 2. The van der Waals surface area contributed by atoms with Crippen molar-refractivity contribution in [3.63, 3.8) is 0 Å². The molecule has 0 bridgehead atoms. The molecule has 1 N–H and O–H groups in total. The third-order valence-corrected chi connectivity index (χ3v) is 4.51. The van der Waals surface area contributed by atoms with Gasteiger partial charge in [0, 0.05) is 4.47 Å². The first-order chi connectivity index (χ1) is 9.04. The first kappa shape index (κ1) is 14.3. The Balaban J connectivity index is 2.56. The number of halogens is 1. The van der Waals surface area contributed by atoms with Gasteiger partial charge in [-0.3, -0.25) is 0 Å². The van der Waals surface area contributed by atoms with Crippen LogP contribution < -0.4 is 5.32 Å². The smallest absolute Gasteiger partial charge is 0.0579 e. The van der Waals surface area contributed by atoms with Gasteiger partial charge in [-0.25, -0.2) is 0 Å². The van der Waals surface area contributed by atoms with E-state index in [9.17, 15) is 0 Å². The largest absolute Gasteiger partial charge is 0.309 e. The summed E-state index contributed by atoms with van der Waals surface area (Å²) >= 11 is 3.62. The average molecular weight is 318 g/mol. The highest BCUT2D eigenvalue weighted by Crippen LogP contribution is 2.30. The molecule has 2 aromatic carbocycles. The van der Waals surface area contributed by atoms with Gasteiger partial charge in [0.25, 0.3) is 0 Å². The fourth-order valence-corrected chi connectivity index (χ4v) is 2.87. The molecule has 0 aliphatic heterocycles. The van der Waals surface area contributed by atoms with Crippen LogP contribution in [0, 0.1) is 20.8 Å². The highest BCUT2D eigenvalue weighted by molar-refractivity contribution is 9.10. The van der Waals surface area contributed by atoms with E-state index in [1.807, 2.05) is 7.05 Å². The van der Waals surface area contributed by atoms with Crippen LogP contribution in [0.2, 0.25) is 0 Å². The fourth-order valence-electron chi connectivity index (χ4n) is 2.49. The monoisotopic (exact) mass is 317 g/mol. The summed E-state index contributed by atoms with van der Waals surface area (Å²) in [5.74, 6) is 0. The third-order valence-electron chi connectivity index (χ3n) is 3.66. The molecule has 2 rings (SSSR count). The van der Waals surface area contributed by atoms with Gasteiger partial charge in [0.05, 0.1) is 6.04 Å². The summed E-state index contributed by atoms with van der Waals surface area (Å²) in [4.78, 5) is 0. The number of rotatable bonds is 3. The average Bonchev–Trinajstić information content (AvgIpc) is 2.39. The first-order valence-corrected chi connectivity index (χ1v) is 7.33. The minimum Gasteiger partial charge on any atom is -0.309 e. The molecule has 0 radical (unpaired) electrons. The number of nitrogens with one attached hydrogen (secondary N) is 1. The minimum atomic E-state index is 0.234. The van der Waals surface area contributed by atoms with E-state index >= 15 is 0 Å². The fraction of sp³-hybridized carbons (Fsp3) is 0.294. The highest BCUT2D eigenvalue weighted by atomic mass is 79.9. The molecule has 0 heterocycles. The van der Waals surface area contributed by atoms with Gasteiger partial charge in [-0.05, 0) is 56.1 Å². The lowest BCUT2D eigenvalue weighted by Gasteiger charge is -2.22. The van der Waals surface area contributed by atoms with E-state index in [0.717, 1.165) is 4.47 Å². The van der Waals surface area contributed by atoms with Gasteiger partial charge in [-0.1, -0.05) is 51.8 Å². The second-order valence-electron chi connectivity index (χ2n) is 5.04. The zero-order valence-corrected chi connectivity index (χ0v) is 13.5. The van der Waals surface area contributed by atoms with Crippen molar-refractivity contribution < 1.29 is 0 Å². The van der Waals surface area contributed by atoms with Gasteiger partial charge < -0.3 is 5.32 Å². The van der Waals surface area contributed by atoms with Gasteiger partial charge in [-0.15, -0.1) is 0 Å². The molecule has 0 fully saturated rings. The van der Waals surface area contributed by atoms with Crippen LogP contribution in [0.25, 0.3) is 0 Å². The Morgan fingerprint density at radius 3 is 2.42 bits per heavy atom. The van der Waals surface area contributed by atoms with Crippen LogP contribution in [-0.4, -0.2) is 7.05 Å². The molecular weight excluding hydrogens is 298 g/mol. The zero-order chi connectivity index (χ0) is 14.0. The summed E-state index contributed by atoms with van der Waals surface area (Å²) in [5, 5.41) is 3.45. The Hall–Kier alpha value is -1.12. The minimum absolute atomic E-state index is 0.234. The van der Waals surface area contributed by atoms with Crippen LogP contribution in [-0.2, 0) is 0 Å². The summed E-state index contributed by atoms with van der Waals surface area (Å²) in [6.07, 6.45) is 0. The van der Waals surface area contributed by atoms with Gasteiger partial charge in [0.1, 0.15) is 0 Å². The van der Waals surface area contributed by atoms with Crippen molar-refractivity contribution >= 4 is 15.9 Å². The lowest BCUT2D eigenvalue weighted by atomic mass is 9.91. The van der Waals surface area contributed by atoms with Crippen molar-refractivity contribution in [3.05, 3.63) is 68.7 Å². The van der Waals surface area contributed by atoms with Crippen molar-refractivity contribution in [3.8, 4) is 0 Å². The third kappa shape index (κ3) is 2.90. The van der Waals surface area contributed by atoms with E-state index < -0.39 is 0 Å². The van der Waals surface area contributed by atoms with E-state index in [4.69, 9.17) is 0 Å². The highest BCUT2D eigenvalue weighted by Gasteiger charge is 2.17. The van der Waals surface area contributed by atoms with Crippen molar-refractivity contribution in [1.82, 2.24) is 5.32 Å². The Bertz CT molecular complexity index is 588. The molecule has 100 valence electrons. The predicted molar refractivity (Wildman–Crippen MR) is 85.7 cm³/mol. The number of hydrogen-bond donors (Lipinski definition) is 1. The molecule has 2 heteroatoms. The molecule has 1 atom stereocenters. The van der Waals surface area contributed by atoms with E-state index in [1.54, 1.807) is 0 Å². The standard InChI is InChI=1S/C17H20BrN/c1-11-8-9-12(2)15(10-11)17(19-4)14-6-5-7-16(18)13(14)3/h5-10,17,19H,1-4H3. The molecule has 1 unspecified atom stereocenters. The maximum Gasteiger partial charge on any atom is 0.0579 e. The molecule has 19 heavy (non-hydrogen) atoms. The first-order valence-electron chi connectivity index (χ1n) is 6.54. The molecule has 1 nitrogen and oxygen atoms in total. The summed E-state index contributed by atoms with van der Waals surface area (Å²) < 4.78 is 1.16. The van der Waals surface area contributed by atoms with E-state index in [2.05, 4.69) is 78.4 Å². The van der Waals surface area contributed by atoms with Crippen LogP contribution in [0.3, 0.4) is 0 Å². The number of aryl methyl sites for hydroxylation is 2. The van der Waals surface area contributed by atoms with Crippen molar-refractivity contribution in [2.75, 3.05) is 7.05 Å². The van der Waals surface area contributed by atoms with E-state index in [0.29, 0.717) is 0 Å². The normalized spacial score (nSPS) is 12.5. The molecule has 0 aliphatic rings. The maximum absolute atomic E-state index is 3.62. The van der Waals surface area contributed by atoms with Crippen LogP contribution in [0.5, 0.6) is 0 Å². The van der Waals surface area contributed by atoms with Gasteiger partial charge in [0.15, 0.2) is 0 Å². The van der Waals surface area contributed by atoms with E-state index in [1.165, 1.54) is 27.8 Å². The second-order valence-corrected chi connectivity index (χ2v) is 5.89. The quantitative estimate of drug-likeness (QED) is 0.866. The lowest BCUT2D eigenvalue weighted by Crippen LogP contribution is -2.20. The maximum atomic E-state index is 3.62. The molecular formula is C17H20BrN. The molecule has 0 aromatic heterocycles. The molecule has 0 aliphatic carbocycles. The van der Waals surface area contributed by atoms with Crippen LogP contribution >= 0.6 is 15.9 Å². The molecule has 0 saturated carbocycles. The summed E-state index contributed by atoms with van der Waals surface area (Å²) in [6, 6.07) is 13.3. The Morgan fingerprint density at radius 2 is 1.74 bits per heavy atom. The van der Waals surface area contributed by atoms with Gasteiger partial charge in [-0.2, -0.15) is 0 Å². The molecule has 2 aromatic rings. The summed E-state index contributed by atoms with van der Waals surface area (Å²) in [7, 11) is 2.02. The number of hydrogen-bond acceptors (Lipinski definition) is 1. The topological polar surface area (TPSA) is 12.0 Å². The summed E-state index contributed by atoms with van der Waals surface area (Å²) in [6.45, 7) is 6.48. The predicted octanol–water partition coefficient (Wildman–Crippen LogP) is 4.68. The molecule has 0 amide bonds. The lowest BCUT2D eigenvalue weighted by molar-refractivity contribution is 0.682. The zero-order valence-electron chi connectivity index (χ0n) is 11.9. The van der Waals surface area contributed by atoms with Gasteiger partial charge in [0.2, 0.25) is 0 Å². The Morgan fingerprint density at radius 1 is 1.00 bits per heavy atom. The van der Waals surface area contributed by atoms with Crippen LogP contribution in [0.1, 0.15) is 33.9 Å². The second kappa shape index (κ2) is 5.89. The van der Waals surface area contributed by atoms with Gasteiger partial charge >= 0.3 is 0 Å². The van der Waals surface area contributed by atoms with E-state index in [-0.39, 0.29) is 6.04 Å². The van der Waals surface area contributed by atoms with Crippen molar-refractivity contribution in [2.45, 2.75) is 26.8 Å². The Labute approximate surface area is 124 Å². The molecule has 0 saturated heterocycles. The van der Waals surface area contributed by atoms with Crippen LogP contribution in [0.4, 0.5) is 0 Å². The van der Waals surface area contributed by atoms with Crippen molar-refractivity contribution in [1.29, 1.82) is 0 Å². The van der Waals surface area contributed by atoms with Crippen LogP contribution in [0.15, 0.2) is 40.9 Å². The SMILES string of the molecule is CNC(c1cc(C)ccc1C)c1cccc(Br)c1C.